The Morgan fingerprint density at radius 2 is 2.00 bits per heavy atom. The van der Waals surface area contributed by atoms with Crippen molar-refractivity contribution in [3.63, 3.8) is 0 Å². The highest BCUT2D eigenvalue weighted by atomic mass is 16.2. The monoisotopic (exact) mass is 267 g/mol. The average Bonchev–Trinajstić information content (AvgIpc) is 2.89. The van der Waals surface area contributed by atoms with Crippen molar-refractivity contribution in [2.75, 3.05) is 32.7 Å². The normalized spacial score (nSPS) is 21.7. The van der Waals surface area contributed by atoms with Gasteiger partial charge in [0.1, 0.15) is 0 Å². The van der Waals surface area contributed by atoms with Crippen molar-refractivity contribution in [1.29, 1.82) is 0 Å². The molecule has 19 heavy (non-hydrogen) atoms. The molecule has 0 bridgehead atoms. The summed E-state index contributed by atoms with van der Waals surface area (Å²) in [7, 11) is 0. The Morgan fingerprint density at radius 3 is 2.47 bits per heavy atom. The fourth-order valence-electron chi connectivity index (χ4n) is 3.20. The van der Waals surface area contributed by atoms with Crippen LogP contribution in [0.4, 0.5) is 0 Å². The zero-order chi connectivity index (χ0) is 13.7. The van der Waals surface area contributed by atoms with Gasteiger partial charge in [-0.05, 0) is 38.1 Å². The number of rotatable bonds is 7. The summed E-state index contributed by atoms with van der Waals surface area (Å²) in [5, 5.41) is 0. The van der Waals surface area contributed by atoms with E-state index in [1.54, 1.807) is 0 Å². The summed E-state index contributed by atoms with van der Waals surface area (Å²) in [4.78, 5) is 16.7. The van der Waals surface area contributed by atoms with E-state index in [1.807, 2.05) is 4.90 Å². The first kappa shape index (κ1) is 14.8. The van der Waals surface area contributed by atoms with Crippen molar-refractivity contribution in [3.05, 3.63) is 0 Å². The van der Waals surface area contributed by atoms with Gasteiger partial charge in [0.05, 0.1) is 0 Å². The summed E-state index contributed by atoms with van der Waals surface area (Å²) >= 11 is 0. The lowest BCUT2D eigenvalue weighted by Crippen LogP contribution is -2.46. The molecule has 1 amide bonds. The minimum Gasteiger partial charge on any atom is -0.343 e. The quantitative estimate of drug-likeness (QED) is 0.759. The Morgan fingerprint density at radius 1 is 1.32 bits per heavy atom. The van der Waals surface area contributed by atoms with E-state index in [2.05, 4.69) is 11.8 Å². The smallest absolute Gasteiger partial charge is 0.224 e. The summed E-state index contributed by atoms with van der Waals surface area (Å²) in [6.45, 7) is 6.81. The Balaban J connectivity index is 1.83. The highest BCUT2D eigenvalue weighted by molar-refractivity contribution is 5.77. The molecule has 2 fully saturated rings. The summed E-state index contributed by atoms with van der Waals surface area (Å²) in [5.41, 5.74) is 5.92. The molecule has 1 unspecified atom stereocenters. The van der Waals surface area contributed by atoms with Crippen molar-refractivity contribution < 1.29 is 4.79 Å². The maximum Gasteiger partial charge on any atom is 0.224 e. The summed E-state index contributed by atoms with van der Waals surface area (Å²) < 4.78 is 0. The molecule has 0 aromatic rings. The van der Waals surface area contributed by atoms with Crippen LogP contribution in [-0.2, 0) is 4.79 Å². The van der Waals surface area contributed by atoms with Gasteiger partial charge in [0.15, 0.2) is 0 Å². The third-order valence-electron chi connectivity index (χ3n) is 4.78. The van der Waals surface area contributed by atoms with Crippen LogP contribution in [0.1, 0.15) is 45.4 Å². The molecule has 1 saturated carbocycles. The van der Waals surface area contributed by atoms with Gasteiger partial charge < -0.3 is 10.6 Å². The molecule has 2 N–H and O–H groups in total. The standard InChI is InChI=1S/C15H29N3O/c1-2-17(12-13-6-5-7-13)14(11-16)10-15(19)18-8-3-4-9-18/h13-14H,2-12,16H2,1H3. The molecule has 0 aromatic carbocycles. The number of carbonyl (C=O) groups excluding carboxylic acids is 1. The van der Waals surface area contributed by atoms with Gasteiger partial charge in [0.2, 0.25) is 5.91 Å². The van der Waals surface area contributed by atoms with E-state index in [0.29, 0.717) is 18.9 Å². The zero-order valence-electron chi connectivity index (χ0n) is 12.3. The second kappa shape index (κ2) is 7.25. The van der Waals surface area contributed by atoms with E-state index in [4.69, 9.17) is 5.73 Å². The second-order valence-electron chi connectivity index (χ2n) is 6.07. The van der Waals surface area contributed by atoms with E-state index >= 15 is 0 Å². The van der Waals surface area contributed by atoms with Gasteiger partial charge in [0.25, 0.3) is 0 Å². The number of amides is 1. The van der Waals surface area contributed by atoms with Crippen LogP contribution >= 0.6 is 0 Å². The van der Waals surface area contributed by atoms with E-state index < -0.39 is 0 Å². The largest absolute Gasteiger partial charge is 0.343 e. The molecule has 2 rings (SSSR count). The van der Waals surface area contributed by atoms with Gasteiger partial charge in [0, 0.05) is 38.6 Å². The molecule has 1 atom stereocenters. The molecule has 4 heteroatoms. The first-order valence-electron chi connectivity index (χ1n) is 7.96. The Labute approximate surface area is 117 Å². The van der Waals surface area contributed by atoms with Crippen LogP contribution in [0.5, 0.6) is 0 Å². The van der Waals surface area contributed by atoms with Gasteiger partial charge in [-0.3, -0.25) is 9.69 Å². The number of nitrogens with zero attached hydrogens (tertiary/aromatic N) is 2. The van der Waals surface area contributed by atoms with Crippen molar-refractivity contribution in [1.82, 2.24) is 9.80 Å². The molecule has 0 spiro atoms. The third kappa shape index (κ3) is 3.93. The summed E-state index contributed by atoms with van der Waals surface area (Å²) in [5.74, 6) is 1.15. The SMILES string of the molecule is CCN(CC1CCC1)C(CN)CC(=O)N1CCCC1. The number of hydrogen-bond donors (Lipinski definition) is 1. The molecule has 0 aromatic heterocycles. The first-order valence-corrected chi connectivity index (χ1v) is 7.96. The number of nitrogens with two attached hydrogens (primary N) is 1. The number of hydrogen-bond acceptors (Lipinski definition) is 3. The van der Waals surface area contributed by atoms with E-state index in [-0.39, 0.29) is 6.04 Å². The third-order valence-corrected chi connectivity index (χ3v) is 4.78. The van der Waals surface area contributed by atoms with Crippen molar-refractivity contribution >= 4 is 5.91 Å². The maximum absolute atomic E-state index is 12.2. The average molecular weight is 267 g/mol. The minimum atomic E-state index is 0.235. The lowest BCUT2D eigenvalue weighted by molar-refractivity contribution is -0.131. The van der Waals surface area contributed by atoms with Gasteiger partial charge in [-0.15, -0.1) is 0 Å². The van der Waals surface area contributed by atoms with Crippen LogP contribution in [0.3, 0.4) is 0 Å². The van der Waals surface area contributed by atoms with Crippen LogP contribution in [0.2, 0.25) is 0 Å². The maximum atomic E-state index is 12.2. The summed E-state index contributed by atoms with van der Waals surface area (Å²) in [6, 6.07) is 0.235. The predicted octanol–water partition coefficient (Wildman–Crippen LogP) is 1.45. The van der Waals surface area contributed by atoms with Crippen LogP contribution in [-0.4, -0.2) is 54.5 Å². The topological polar surface area (TPSA) is 49.6 Å². The van der Waals surface area contributed by atoms with Gasteiger partial charge in [-0.25, -0.2) is 0 Å². The van der Waals surface area contributed by atoms with E-state index in [9.17, 15) is 4.79 Å². The number of likely N-dealkylation sites (tertiary alicyclic amines) is 1. The molecule has 1 aliphatic carbocycles. The lowest BCUT2D eigenvalue weighted by Gasteiger charge is -2.36. The minimum absolute atomic E-state index is 0.235. The molecule has 1 saturated heterocycles. The molecule has 1 aliphatic heterocycles. The molecule has 110 valence electrons. The van der Waals surface area contributed by atoms with Gasteiger partial charge in [-0.1, -0.05) is 13.3 Å². The first-order chi connectivity index (χ1) is 9.24. The molecule has 4 nitrogen and oxygen atoms in total. The predicted molar refractivity (Wildman–Crippen MR) is 77.9 cm³/mol. The molecular weight excluding hydrogens is 238 g/mol. The molecule has 1 heterocycles. The number of carbonyl (C=O) groups is 1. The van der Waals surface area contributed by atoms with Crippen molar-refractivity contribution in [3.8, 4) is 0 Å². The lowest BCUT2D eigenvalue weighted by atomic mass is 9.84. The van der Waals surface area contributed by atoms with E-state index in [0.717, 1.165) is 32.1 Å². The van der Waals surface area contributed by atoms with Crippen molar-refractivity contribution in [2.45, 2.75) is 51.5 Å². The highest BCUT2D eigenvalue weighted by Crippen LogP contribution is 2.28. The highest BCUT2D eigenvalue weighted by Gasteiger charge is 2.27. The van der Waals surface area contributed by atoms with Crippen LogP contribution < -0.4 is 5.73 Å². The fourth-order valence-corrected chi connectivity index (χ4v) is 3.20. The Hall–Kier alpha value is -0.610. The zero-order valence-corrected chi connectivity index (χ0v) is 12.3. The second-order valence-corrected chi connectivity index (χ2v) is 6.07. The number of likely N-dealkylation sites (N-methyl/N-ethyl adjacent to an activating group) is 1. The van der Waals surface area contributed by atoms with Gasteiger partial charge in [-0.2, -0.15) is 0 Å². The van der Waals surface area contributed by atoms with Crippen LogP contribution in [0.25, 0.3) is 0 Å². The molecular formula is C15H29N3O. The van der Waals surface area contributed by atoms with Crippen molar-refractivity contribution in [2.24, 2.45) is 11.7 Å². The Bertz CT molecular complexity index is 285. The fraction of sp³-hybridized carbons (Fsp3) is 0.933. The van der Waals surface area contributed by atoms with E-state index in [1.165, 1.54) is 32.1 Å². The van der Waals surface area contributed by atoms with Crippen LogP contribution in [0.15, 0.2) is 0 Å². The summed E-state index contributed by atoms with van der Waals surface area (Å²) in [6.07, 6.45) is 7.03. The molecule has 0 radical (unpaired) electrons. The van der Waals surface area contributed by atoms with Crippen LogP contribution in [0, 0.1) is 5.92 Å². The Kier molecular flexibility index (Phi) is 5.64. The van der Waals surface area contributed by atoms with Gasteiger partial charge >= 0.3 is 0 Å². The molecule has 2 aliphatic rings.